The molecule has 4 heteroatoms. The topological polar surface area (TPSA) is 33.2 Å². The molecule has 0 spiro atoms. The Bertz CT molecular complexity index is 565. The molecule has 0 saturated carbocycles. The van der Waals surface area contributed by atoms with Gasteiger partial charge in [-0.25, -0.2) is 0 Å². The quantitative estimate of drug-likeness (QED) is 0.797. The number of aromatic nitrogens is 1. The van der Waals surface area contributed by atoms with Gasteiger partial charge in [0, 0.05) is 30.6 Å². The normalized spacial score (nSPS) is 12.4. The zero-order valence-electron chi connectivity index (χ0n) is 10.4. The highest BCUT2D eigenvalue weighted by atomic mass is 35.5. The second-order valence-corrected chi connectivity index (χ2v) is 4.61. The molecule has 18 heavy (non-hydrogen) atoms. The monoisotopic (exact) mass is 262 g/mol. The van der Waals surface area contributed by atoms with Crippen LogP contribution in [0.3, 0.4) is 0 Å². The van der Waals surface area contributed by atoms with Crippen molar-refractivity contribution in [1.82, 2.24) is 9.88 Å². The second kappa shape index (κ2) is 5.36. The van der Waals surface area contributed by atoms with Crippen LogP contribution in [0.2, 0.25) is 0 Å². The van der Waals surface area contributed by atoms with Crippen molar-refractivity contribution >= 4 is 28.4 Å². The number of rotatable bonds is 3. The predicted octanol–water partition coefficient (Wildman–Crippen LogP) is 2.93. The van der Waals surface area contributed by atoms with Crippen LogP contribution in [0, 0.1) is 0 Å². The number of pyridine rings is 1. The highest BCUT2D eigenvalue weighted by Gasteiger charge is 2.19. The Morgan fingerprint density at radius 1 is 1.39 bits per heavy atom. The minimum absolute atomic E-state index is 0.00173. The first kappa shape index (κ1) is 12.8. The van der Waals surface area contributed by atoms with E-state index in [9.17, 15) is 4.79 Å². The molecule has 1 aromatic carbocycles. The van der Waals surface area contributed by atoms with Crippen LogP contribution in [0.5, 0.6) is 0 Å². The summed E-state index contributed by atoms with van der Waals surface area (Å²) in [5.41, 5.74) is 1.35. The highest BCUT2D eigenvalue weighted by Crippen LogP contribution is 2.18. The van der Waals surface area contributed by atoms with Crippen LogP contribution >= 0.6 is 11.6 Å². The van der Waals surface area contributed by atoms with E-state index in [0.717, 1.165) is 10.9 Å². The van der Waals surface area contributed by atoms with Gasteiger partial charge in [-0.15, -0.1) is 11.6 Å². The van der Waals surface area contributed by atoms with Crippen molar-refractivity contribution in [1.29, 1.82) is 0 Å². The lowest BCUT2D eigenvalue weighted by molar-refractivity contribution is 0.0758. The van der Waals surface area contributed by atoms with Gasteiger partial charge in [0.2, 0.25) is 0 Å². The van der Waals surface area contributed by atoms with Crippen molar-refractivity contribution in [2.45, 2.75) is 13.0 Å². The first-order valence-electron chi connectivity index (χ1n) is 5.82. The maximum Gasteiger partial charge on any atom is 0.256 e. The van der Waals surface area contributed by atoms with Gasteiger partial charge in [-0.05, 0) is 19.1 Å². The fraction of sp³-hybridized carbons (Fsp3) is 0.286. The van der Waals surface area contributed by atoms with Crippen molar-refractivity contribution in [3.05, 3.63) is 42.1 Å². The Hall–Kier alpha value is -1.61. The number of halogens is 1. The molecule has 1 atom stereocenters. The van der Waals surface area contributed by atoms with Gasteiger partial charge in [0.15, 0.2) is 0 Å². The van der Waals surface area contributed by atoms with E-state index >= 15 is 0 Å². The van der Waals surface area contributed by atoms with Crippen LogP contribution in [0.1, 0.15) is 17.3 Å². The van der Waals surface area contributed by atoms with Gasteiger partial charge in [0.1, 0.15) is 0 Å². The summed E-state index contributed by atoms with van der Waals surface area (Å²) in [4.78, 5) is 18.3. The van der Waals surface area contributed by atoms with E-state index in [0.29, 0.717) is 11.4 Å². The van der Waals surface area contributed by atoms with Gasteiger partial charge in [-0.3, -0.25) is 9.78 Å². The lowest BCUT2D eigenvalue weighted by Gasteiger charge is -2.23. The Morgan fingerprint density at radius 3 is 2.83 bits per heavy atom. The third-order valence-electron chi connectivity index (χ3n) is 3.07. The zero-order chi connectivity index (χ0) is 13.1. The number of alkyl halides is 1. The first-order valence-corrected chi connectivity index (χ1v) is 6.35. The molecule has 2 aromatic rings. The number of hydrogen-bond donors (Lipinski definition) is 0. The molecule has 94 valence electrons. The number of nitrogens with zero attached hydrogens (tertiary/aromatic N) is 2. The fourth-order valence-corrected chi connectivity index (χ4v) is 1.98. The molecule has 2 rings (SSSR count). The molecular formula is C14H15ClN2O. The molecule has 0 bridgehead atoms. The number of benzene rings is 1. The summed E-state index contributed by atoms with van der Waals surface area (Å²) in [5, 5.41) is 0.968. The standard InChI is InChI=1S/C14H15ClN2O/c1-10(9-15)17(2)14(18)12-7-3-5-11-6-4-8-16-13(11)12/h3-8,10H,9H2,1-2H3. The summed E-state index contributed by atoms with van der Waals surface area (Å²) in [6.07, 6.45) is 1.70. The summed E-state index contributed by atoms with van der Waals surface area (Å²) >= 11 is 5.79. The minimum Gasteiger partial charge on any atom is -0.338 e. The zero-order valence-corrected chi connectivity index (χ0v) is 11.2. The van der Waals surface area contributed by atoms with Crippen molar-refractivity contribution < 1.29 is 4.79 Å². The van der Waals surface area contributed by atoms with Gasteiger partial charge in [-0.1, -0.05) is 18.2 Å². The Labute approximate surface area is 111 Å². The highest BCUT2D eigenvalue weighted by molar-refractivity contribution is 6.18. The number of para-hydroxylation sites is 1. The predicted molar refractivity (Wildman–Crippen MR) is 74.0 cm³/mol. The third kappa shape index (κ3) is 2.31. The number of fused-ring (bicyclic) bond motifs is 1. The van der Waals surface area contributed by atoms with Crippen LogP contribution in [0.25, 0.3) is 10.9 Å². The van der Waals surface area contributed by atoms with E-state index in [1.165, 1.54) is 0 Å². The molecule has 0 N–H and O–H groups in total. The van der Waals surface area contributed by atoms with E-state index in [4.69, 9.17) is 11.6 Å². The number of hydrogen-bond acceptors (Lipinski definition) is 2. The van der Waals surface area contributed by atoms with Gasteiger partial charge < -0.3 is 4.90 Å². The van der Waals surface area contributed by atoms with Crippen LogP contribution in [-0.2, 0) is 0 Å². The second-order valence-electron chi connectivity index (χ2n) is 4.30. The van der Waals surface area contributed by atoms with E-state index in [1.807, 2.05) is 31.2 Å². The smallest absolute Gasteiger partial charge is 0.256 e. The van der Waals surface area contributed by atoms with Crippen molar-refractivity contribution in [2.24, 2.45) is 0 Å². The molecule has 1 aromatic heterocycles. The van der Waals surface area contributed by atoms with Gasteiger partial charge in [-0.2, -0.15) is 0 Å². The maximum absolute atomic E-state index is 12.4. The summed E-state index contributed by atoms with van der Waals surface area (Å²) in [6, 6.07) is 9.43. The van der Waals surface area contributed by atoms with Crippen LogP contribution < -0.4 is 0 Å². The Balaban J connectivity index is 2.45. The maximum atomic E-state index is 12.4. The van der Waals surface area contributed by atoms with Gasteiger partial charge in [0.05, 0.1) is 11.1 Å². The van der Waals surface area contributed by atoms with E-state index in [1.54, 1.807) is 24.2 Å². The summed E-state index contributed by atoms with van der Waals surface area (Å²) < 4.78 is 0. The van der Waals surface area contributed by atoms with Crippen LogP contribution in [0.4, 0.5) is 0 Å². The molecule has 1 unspecified atom stereocenters. The average Bonchev–Trinajstić information content (AvgIpc) is 2.44. The minimum atomic E-state index is -0.0487. The van der Waals surface area contributed by atoms with E-state index < -0.39 is 0 Å². The van der Waals surface area contributed by atoms with Crippen LogP contribution in [0.15, 0.2) is 36.5 Å². The molecule has 0 fully saturated rings. The lowest BCUT2D eigenvalue weighted by atomic mass is 10.1. The van der Waals surface area contributed by atoms with Gasteiger partial charge in [0.25, 0.3) is 5.91 Å². The van der Waals surface area contributed by atoms with Gasteiger partial charge >= 0.3 is 0 Å². The number of carbonyl (C=O) groups is 1. The average molecular weight is 263 g/mol. The molecule has 1 heterocycles. The van der Waals surface area contributed by atoms with E-state index in [-0.39, 0.29) is 11.9 Å². The summed E-state index contributed by atoms with van der Waals surface area (Å²) in [5.74, 6) is 0.368. The van der Waals surface area contributed by atoms with Crippen molar-refractivity contribution in [2.75, 3.05) is 12.9 Å². The third-order valence-corrected chi connectivity index (χ3v) is 3.51. The van der Waals surface area contributed by atoms with Crippen molar-refractivity contribution in [3.63, 3.8) is 0 Å². The molecular weight excluding hydrogens is 248 g/mol. The number of carbonyl (C=O) groups excluding carboxylic acids is 1. The molecule has 0 aliphatic heterocycles. The largest absolute Gasteiger partial charge is 0.338 e. The van der Waals surface area contributed by atoms with Crippen LogP contribution in [-0.4, -0.2) is 34.8 Å². The first-order chi connectivity index (χ1) is 8.65. The Morgan fingerprint density at radius 2 is 2.11 bits per heavy atom. The number of amides is 1. The van der Waals surface area contributed by atoms with Crippen molar-refractivity contribution in [3.8, 4) is 0 Å². The Kier molecular flexibility index (Phi) is 3.82. The molecule has 1 amide bonds. The fourth-order valence-electron chi connectivity index (χ4n) is 1.77. The summed E-state index contributed by atoms with van der Waals surface area (Å²) in [7, 11) is 1.76. The summed E-state index contributed by atoms with van der Waals surface area (Å²) in [6.45, 7) is 1.92. The van der Waals surface area contributed by atoms with E-state index in [2.05, 4.69) is 4.98 Å². The SMILES string of the molecule is CC(CCl)N(C)C(=O)c1cccc2cccnc12. The molecule has 0 saturated heterocycles. The molecule has 0 aliphatic carbocycles. The lowest BCUT2D eigenvalue weighted by Crippen LogP contribution is -2.36. The molecule has 0 radical (unpaired) electrons. The molecule has 3 nitrogen and oxygen atoms in total. The molecule has 0 aliphatic rings.